The normalized spacial score (nSPS) is 27.8. The molecule has 0 saturated carbocycles. The fourth-order valence-electron chi connectivity index (χ4n) is 6.09. The maximum Gasteiger partial charge on any atom is 0.239 e. The predicted octanol–water partition coefficient (Wildman–Crippen LogP) is 4.54. The standard InChI is InChI=1S/C25H17Cl2NO3/c26-13-9-10-18(27)19(11-13)28-23(30)21-20-14-5-1-3-7-16(14)25(12-29,22(21)24(28)31)17-8-4-2-6-15(17)20/h1-11,20-22,29H,12H2/t20?,21-,22+,25?/m1/s1. The minimum Gasteiger partial charge on any atom is -0.395 e. The van der Waals surface area contributed by atoms with Crippen LogP contribution in [-0.4, -0.2) is 23.5 Å². The van der Waals surface area contributed by atoms with Crippen molar-refractivity contribution in [2.75, 3.05) is 11.5 Å². The molecule has 0 unspecified atom stereocenters. The van der Waals surface area contributed by atoms with E-state index in [4.69, 9.17) is 23.2 Å². The molecule has 31 heavy (non-hydrogen) atoms. The molecule has 1 aliphatic heterocycles. The number of rotatable bonds is 2. The Labute approximate surface area is 189 Å². The topological polar surface area (TPSA) is 57.6 Å². The fourth-order valence-corrected chi connectivity index (χ4v) is 6.46. The highest BCUT2D eigenvalue weighted by Crippen LogP contribution is 2.64. The Kier molecular flexibility index (Phi) is 3.95. The molecule has 4 nitrogen and oxygen atoms in total. The number of imide groups is 1. The smallest absolute Gasteiger partial charge is 0.239 e. The molecule has 1 fully saturated rings. The highest BCUT2D eigenvalue weighted by atomic mass is 35.5. The van der Waals surface area contributed by atoms with Crippen molar-refractivity contribution >= 4 is 40.7 Å². The van der Waals surface area contributed by atoms with Crippen molar-refractivity contribution in [2.45, 2.75) is 11.3 Å². The van der Waals surface area contributed by atoms with Crippen molar-refractivity contribution in [3.05, 3.63) is 99.0 Å². The van der Waals surface area contributed by atoms with Crippen LogP contribution in [0.3, 0.4) is 0 Å². The third-order valence-corrected chi connectivity index (χ3v) is 7.75. The van der Waals surface area contributed by atoms with Gasteiger partial charge in [-0.25, -0.2) is 4.90 Å². The lowest BCUT2D eigenvalue weighted by Gasteiger charge is -2.53. The second-order valence-electron chi connectivity index (χ2n) is 8.39. The summed E-state index contributed by atoms with van der Waals surface area (Å²) in [5.41, 5.74) is 3.14. The monoisotopic (exact) mass is 449 g/mol. The van der Waals surface area contributed by atoms with Crippen LogP contribution in [0, 0.1) is 11.8 Å². The SMILES string of the molecule is O=C1[C@@H]2C3c4ccccc4C(CO)(c4ccccc43)[C@@H]2C(=O)N1c1cc(Cl)ccc1Cl. The molecule has 3 aromatic carbocycles. The number of benzene rings is 3. The zero-order chi connectivity index (χ0) is 21.5. The number of nitrogens with zero attached hydrogens (tertiary/aromatic N) is 1. The first-order valence-electron chi connectivity index (χ1n) is 10.1. The third kappa shape index (κ3) is 2.20. The van der Waals surface area contributed by atoms with Gasteiger partial charge in [-0.3, -0.25) is 9.59 Å². The van der Waals surface area contributed by atoms with Gasteiger partial charge in [0.25, 0.3) is 0 Å². The van der Waals surface area contributed by atoms with Gasteiger partial charge in [-0.1, -0.05) is 71.7 Å². The first-order valence-corrected chi connectivity index (χ1v) is 10.9. The molecule has 2 amide bonds. The van der Waals surface area contributed by atoms with Crippen LogP contribution >= 0.6 is 23.2 Å². The summed E-state index contributed by atoms with van der Waals surface area (Å²) in [6.45, 7) is -0.273. The van der Waals surface area contributed by atoms with Crippen molar-refractivity contribution in [3.63, 3.8) is 0 Å². The summed E-state index contributed by atoms with van der Waals surface area (Å²) >= 11 is 12.6. The highest BCUT2D eigenvalue weighted by Gasteiger charge is 2.68. The minimum absolute atomic E-state index is 0.259. The van der Waals surface area contributed by atoms with E-state index in [1.54, 1.807) is 18.2 Å². The number of halogens is 2. The molecule has 4 aliphatic rings. The van der Waals surface area contributed by atoms with E-state index in [-0.39, 0.29) is 29.4 Å². The number of carbonyl (C=O) groups excluding carboxylic acids is 2. The first-order chi connectivity index (χ1) is 15.0. The molecular weight excluding hydrogens is 433 g/mol. The molecule has 7 rings (SSSR count). The average Bonchev–Trinajstić information content (AvgIpc) is 3.06. The van der Waals surface area contributed by atoms with E-state index in [9.17, 15) is 14.7 Å². The number of aliphatic hydroxyl groups excluding tert-OH is 1. The van der Waals surface area contributed by atoms with E-state index in [0.717, 1.165) is 22.3 Å². The molecule has 0 spiro atoms. The van der Waals surface area contributed by atoms with Crippen LogP contribution in [0.5, 0.6) is 0 Å². The van der Waals surface area contributed by atoms with E-state index in [1.807, 2.05) is 48.5 Å². The Bertz CT molecular complexity index is 1240. The summed E-state index contributed by atoms with van der Waals surface area (Å²) in [5, 5.41) is 11.5. The fraction of sp³-hybridized carbons (Fsp3) is 0.200. The maximum atomic E-state index is 13.9. The van der Waals surface area contributed by atoms with Gasteiger partial charge in [0.05, 0.1) is 34.6 Å². The second-order valence-corrected chi connectivity index (χ2v) is 9.24. The average molecular weight is 450 g/mol. The molecule has 3 aromatic rings. The van der Waals surface area contributed by atoms with Crippen molar-refractivity contribution in [1.29, 1.82) is 0 Å². The van der Waals surface area contributed by atoms with Gasteiger partial charge >= 0.3 is 0 Å². The summed E-state index contributed by atoms with van der Waals surface area (Å²) in [6, 6.07) is 20.4. The molecular formula is C25H17Cl2NO3. The van der Waals surface area contributed by atoms with Crippen LogP contribution in [0.25, 0.3) is 0 Å². The number of carbonyl (C=O) groups is 2. The summed E-state index contributed by atoms with van der Waals surface area (Å²) in [5.74, 6) is -2.23. The largest absolute Gasteiger partial charge is 0.395 e. The molecule has 154 valence electrons. The van der Waals surface area contributed by atoms with Crippen LogP contribution in [0.15, 0.2) is 66.7 Å². The Balaban J connectivity index is 1.65. The van der Waals surface area contributed by atoms with Crippen LogP contribution in [0.2, 0.25) is 10.0 Å². The minimum atomic E-state index is -0.987. The zero-order valence-corrected chi connectivity index (χ0v) is 17.8. The molecule has 1 N–H and O–H groups in total. The van der Waals surface area contributed by atoms with Gasteiger partial charge in [0.2, 0.25) is 11.8 Å². The van der Waals surface area contributed by atoms with Crippen LogP contribution in [-0.2, 0) is 15.0 Å². The summed E-state index contributed by atoms with van der Waals surface area (Å²) < 4.78 is 0. The number of hydrogen-bond donors (Lipinski definition) is 1. The van der Waals surface area contributed by atoms with E-state index in [2.05, 4.69) is 0 Å². The van der Waals surface area contributed by atoms with Gasteiger partial charge in [0.15, 0.2) is 0 Å². The van der Waals surface area contributed by atoms with Crippen LogP contribution < -0.4 is 4.90 Å². The second kappa shape index (κ2) is 6.42. The van der Waals surface area contributed by atoms with Crippen LogP contribution in [0.4, 0.5) is 5.69 Å². The van der Waals surface area contributed by atoms with Gasteiger partial charge in [0.1, 0.15) is 0 Å². The number of aliphatic hydroxyl groups is 1. The first kappa shape index (κ1) is 19.1. The molecule has 2 atom stereocenters. The summed E-state index contributed by atoms with van der Waals surface area (Å²) in [4.78, 5) is 28.9. The molecule has 0 radical (unpaired) electrons. The molecule has 2 bridgehead atoms. The quantitative estimate of drug-likeness (QED) is 0.584. The van der Waals surface area contributed by atoms with E-state index >= 15 is 0 Å². The third-order valence-electron chi connectivity index (χ3n) is 7.19. The van der Waals surface area contributed by atoms with Crippen LogP contribution in [0.1, 0.15) is 28.2 Å². The maximum absolute atomic E-state index is 13.9. The van der Waals surface area contributed by atoms with Crippen molar-refractivity contribution in [2.24, 2.45) is 11.8 Å². The van der Waals surface area contributed by atoms with Gasteiger partial charge < -0.3 is 5.11 Å². The Morgan fingerprint density at radius 3 is 2.10 bits per heavy atom. The molecule has 1 heterocycles. The van der Waals surface area contributed by atoms with Gasteiger partial charge in [0, 0.05) is 10.9 Å². The lowest BCUT2D eigenvalue weighted by atomic mass is 9.47. The lowest BCUT2D eigenvalue weighted by Crippen LogP contribution is -2.55. The Hall–Kier alpha value is -2.66. The molecule has 1 saturated heterocycles. The van der Waals surface area contributed by atoms with Gasteiger partial charge in [-0.05, 0) is 40.5 Å². The van der Waals surface area contributed by atoms with E-state index in [0.29, 0.717) is 10.7 Å². The van der Waals surface area contributed by atoms with Crippen molar-refractivity contribution in [3.8, 4) is 0 Å². The van der Waals surface area contributed by atoms with Gasteiger partial charge in [-0.2, -0.15) is 0 Å². The zero-order valence-electron chi connectivity index (χ0n) is 16.3. The number of amides is 2. The predicted molar refractivity (Wildman–Crippen MR) is 119 cm³/mol. The number of anilines is 1. The summed E-state index contributed by atoms with van der Waals surface area (Å²) in [6.07, 6.45) is 0. The number of hydrogen-bond acceptors (Lipinski definition) is 3. The Morgan fingerprint density at radius 2 is 1.48 bits per heavy atom. The van der Waals surface area contributed by atoms with Crippen molar-refractivity contribution < 1.29 is 14.7 Å². The molecule has 0 aromatic heterocycles. The van der Waals surface area contributed by atoms with Gasteiger partial charge in [-0.15, -0.1) is 0 Å². The van der Waals surface area contributed by atoms with E-state index in [1.165, 1.54) is 4.90 Å². The lowest BCUT2D eigenvalue weighted by molar-refractivity contribution is -0.124. The molecule has 3 aliphatic carbocycles. The van der Waals surface area contributed by atoms with E-state index < -0.39 is 17.3 Å². The van der Waals surface area contributed by atoms with Crippen molar-refractivity contribution in [1.82, 2.24) is 0 Å². The Morgan fingerprint density at radius 1 is 0.871 bits per heavy atom. The summed E-state index contributed by atoms with van der Waals surface area (Å²) in [7, 11) is 0. The molecule has 6 heteroatoms. The highest BCUT2D eigenvalue weighted by molar-refractivity contribution is 6.38.